The quantitative estimate of drug-likeness (QED) is 0.795. The van der Waals surface area contributed by atoms with Crippen molar-refractivity contribution in [2.45, 2.75) is 43.4 Å². The van der Waals surface area contributed by atoms with Crippen molar-refractivity contribution >= 4 is 27.4 Å². The van der Waals surface area contributed by atoms with Gasteiger partial charge in [-0.2, -0.15) is 0 Å². The smallest absolute Gasteiger partial charge is 0.259 e. The van der Waals surface area contributed by atoms with Crippen molar-refractivity contribution in [3.05, 3.63) is 53.7 Å². The molecule has 1 saturated heterocycles. The zero-order valence-corrected chi connectivity index (χ0v) is 17.6. The third kappa shape index (κ3) is 3.70. The van der Waals surface area contributed by atoms with Crippen molar-refractivity contribution < 1.29 is 13.2 Å². The van der Waals surface area contributed by atoms with E-state index >= 15 is 0 Å². The van der Waals surface area contributed by atoms with E-state index in [-0.39, 0.29) is 17.2 Å². The Hall–Kier alpha value is -2.45. The molecule has 2 fully saturated rings. The molecular formula is C22H26N4O3S. The molecule has 1 saturated carbocycles. The van der Waals surface area contributed by atoms with Gasteiger partial charge in [0.2, 0.25) is 10.0 Å². The number of hydrogen-bond acceptors (Lipinski definition) is 5. The van der Waals surface area contributed by atoms with Crippen LogP contribution < -0.4 is 10.2 Å². The fraction of sp³-hybridized carbons (Fsp3) is 0.455. The maximum absolute atomic E-state index is 12.9. The zero-order valence-electron chi connectivity index (χ0n) is 16.8. The van der Waals surface area contributed by atoms with E-state index in [9.17, 15) is 13.2 Å². The first-order valence-electron chi connectivity index (χ1n) is 10.6. The molecule has 1 aliphatic carbocycles. The van der Waals surface area contributed by atoms with Gasteiger partial charge >= 0.3 is 0 Å². The summed E-state index contributed by atoms with van der Waals surface area (Å²) in [6, 6.07) is 11.8. The van der Waals surface area contributed by atoms with Crippen molar-refractivity contribution in [2.75, 3.05) is 29.9 Å². The Morgan fingerprint density at radius 1 is 1.00 bits per heavy atom. The fourth-order valence-corrected chi connectivity index (χ4v) is 6.22. The first-order valence-corrected chi connectivity index (χ1v) is 12.1. The van der Waals surface area contributed by atoms with E-state index < -0.39 is 10.0 Å². The van der Waals surface area contributed by atoms with Gasteiger partial charge in [0.05, 0.1) is 10.8 Å². The van der Waals surface area contributed by atoms with Crippen LogP contribution in [0.1, 0.15) is 41.6 Å². The number of amides is 1. The molecule has 3 aliphatic rings. The van der Waals surface area contributed by atoms with E-state index in [1.807, 2.05) is 35.2 Å². The first kappa shape index (κ1) is 19.5. The minimum Gasteiger partial charge on any atom is -0.367 e. The summed E-state index contributed by atoms with van der Waals surface area (Å²) in [6.45, 7) is 1.81. The van der Waals surface area contributed by atoms with E-state index in [1.165, 1.54) is 5.56 Å². The van der Waals surface area contributed by atoms with Crippen LogP contribution in [-0.2, 0) is 16.4 Å². The number of carbonyl (C=O) groups excluding carboxylic acids is 1. The van der Waals surface area contributed by atoms with Gasteiger partial charge in [-0.05, 0) is 55.9 Å². The van der Waals surface area contributed by atoms with Gasteiger partial charge in [-0.1, -0.05) is 18.2 Å². The molecule has 5 rings (SSSR count). The van der Waals surface area contributed by atoms with Crippen LogP contribution in [-0.4, -0.2) is 54.5 Å². The molecule has 1 aromatic carbocycles. The summed E-state index contributed by atoms with van der Waals surface area (Å²) in [5.41, 5.74) is 2.76. The van der Waals surface area contributed by atoms with Crippen molar-refractivity contribution in [3.63, 3.8) is 0 Å². The highest BCUT2D eigenvalue weighted by molar-refractivity contribution is 7.90. The minimum absolute atomic E-state index is 0.0300. The topological polar surface area (TPSA) is 82.6 Å². The van der Waals surface area contributed by atoms with Crippen LogP contribution in [0.4, 0.5) is 11.5 Å². The minimum atomic E-state index is -3.08. The second-order valence-corrected chi connectivity index (χ2v) is 10.5. The number of pyridine rings is 1. The average molecular weight is 427 g/mol. The van der Waals surface area contributed by atoms with Crippen molar-refractivity contribution in [1.82, 2.24) is 9.29 Å². The summed E-state index contributed by atoms with van der Waals surface area (Å²) >= 11 is 0. The number of nitrogens with zero attached hydrogens (tertiary/aromatic N) is 3. The monoisotopic (exact) mass is 426 g/mol. The standard InChI is InChI=1S/C22H26N4O3S/c27-22(26-14-9-16-3-1-2-4-20(16)26)17-5-8-21(23-15-17)24-18-10-12-25(13-11-18)30(28,29)19-6-7-19/h1-5,8,15,18-19H,6-7,9-14H2,(H,23,24). The number of sulfonamides is 1. The summed E-state index contributed by atoms with van der Waals surface area (Å²) < 4.78 is 26.4. The van der Waals surface area contributed by atoms with E-state index in [0.717, 1.165) is 43.6 Å². The lowest BCUT2D eigenvalue weighted by atomic mass is 10.1. The Bertz CT molecular complexity index is 1040. The first-order chi connectivity index (χ1) is 14.5. The van der Waals surface area contributed by atoms with Crippen LogP contribution in [0, 0.1) is 0 Å². The highest BCUT2D eigenvalue weighted by Gasteiger charge is 2.41. The van der Waals surface area contributed by atoms with Gasteiger partial charge in [-0.3, -0.25) is 4.79 Å². The molecule has 1 amide bonds. The number of carbonyl (C=O) groups is 1. The van der Waals surface area contributed by atoms with Crippen LogP contribution >= 0.6 is 0 Å². The fourth-order valence-electron chi connectivity index (χ4n) is 4.35. The lowest BCUT2D eigenvalue weighted by Crippen LogP contribution is -2.43. The van der Waals surface area contributed by atoms with Gasteiger partial charge in [0.1, 0.15) is 5.82 Å². The summed E-state index contributed by atoms with van der Waals surface area (Å²) in [7, 11) is -3.08. The lowest BCUT2D eigenvalue weighted by molar-refractivity contribution is 0.0989. The highest BCUT2D eigenvalue weighted by Crippen LogP contribution is 2.33. The second kappa shape index (κ2) is 7.67. The van der Waals surface area contributed by atoms with Crippen molar-refractivity contribution in [3.8, 4) is 0 Å². The Morgan fingerprint density at radius 2 is 1.77 bits per heavy atom. The molecule has 2 aromatic rings. The van der Waals surface area contributed by atoms with E-state index in [4.69, 9.17) is 0 Å². The predicted octanol–water partition coefficient (Wildman–Crippen LogP) is 2.65. The van der Waals surface area contributed by atoms with Gasteiger partial charge in [0.25, 0.3) is 5.91 Å². The van der Waals surface area contributed by atoms with Crippen molar-refractivity contribution in [2.24, 2.45) is 0 Å². The number of fused-ring (bicyclic) bond motifs is 1. The Balaban J connectivity index is 1.19. The molecule has 0 atom stereocenters. The highest BCUT2D eigenvalue weighted by atomic mass is 32.2. The molecule has 30 heavy (non-hydrogen) atoms. The van der Waals surface area contributed by atoms with Gasteiger partial charge in [-0.25, -0.2) is 17.7 Å². The molecule has 8 heteroatoms. The number of para-hydroxylation sites is 1. The molecular weight excluding hydrogens is 400 g/mol. The Morgan fingerprint density at radius 3 is 2.47 bits per heavy atom. The van der Waals surface area contributed by atoms with Gasteiger partial charge in [0.15, 0.2) is 0 Å². The molecule has 0 bridgehead atoms. The number of aromatic nitrogens is 1. The number of piperidine rings is 1. The number of hydrogen-bond donors (Lipinski definition) is 1. The third-order valence-electron chi connectivity index (χ3n) is 6.25. The van der Waals surface area contributed by atoms with Gasteiger partial charge < -0.3 is 10.2 Å². The van der Waals surface area contributed by atoms with Crippen LogP contribution in [0.2, 0.25) is 0 Å². The predicted molar refractivity (Wildman–Crippen MR) is 116 cm³/mol. The summed E-state index contributed by atoms with van der Waals surface area (Å²) in [5, 5.41) is 3.25. The van der Waals surface area contributed by atoms with Crippen molar-refractivity contribution in [1.29, 1.82) is 0 Å². The average Bonchev–Trinajstić information content (AvgIpc) is 3.55. The maximum Gasteiger partial charge on any atom is 0.259 e. The molecule has 1 N–H and O–H groups in total. The molecule has 2 aliphatic heterocycles. The van der Waals surface area contributed by atoms with E-state index in [0.29, 0.717) is 25.2 Å². The number of benzene rings is 1. The van der Waals surface area contributed by atoms with E-state index in [2.05, 4.69) is 16.4 Å². The second-order valence-electron chi connectivity index (χ2n) is 8.33. The summed E-state index contributed by atoms with van der Waals surface area (Å²) in [5.74, 6) is 0.689. The Kier molecular flexibility index (Phi) is 4.99. The van der Waals surface area contributed by atoms with Crippen LogP contribution in [0.5, 0.6) is 0 Å². The molecule has 1 aromatic heterocycles. The SMILES string of the molecule is O=C(c1ccc(NC2CCN(S(=O)(=O)C3CC3)CC2)nc1)N1CCc2ccccc21. The summed E-state index contributed by atoms with van der Waals surface area (Å²) in [6.07, 6.45) is 5.64. The molecule has 0 radical (unpaired) electrons. The van der Waals surface area contributed by atoms with Crippen LogP contribution in [0.25, 0.3) is 0 Å². The van der Waals surface area contributed by atoms with Crippen LogP contribution in [0.15, 0.2) is 42.6 Å². The molecule has 0 spiro atoms. The lowest BCUT2D eigenvalue weighted by Gasteiger charge is -2.32. The zero-order chi connectivity index (χ0) is 20.7. The largest absolute Gasteiger partial charge is 0.367 e. The number of anilines is 2. The number of rotatable bonds is 5. The molecule has 3 heterocycles. The van der Waals surface area contributed by atoms with E-state index in [1.54, 1.807) is 10.5 Å². The van der Waals surface area contributed by atoms with Gasteiger partial charge in [-0.15, -0.1) is 0 Å². The normalized spacial score (nSPS) is 20.2. The maximum atomic E-state index is 12.9. The summed E-state index contributed by atoms with van der Waals surface area (Å²) in [4.78, 5) is 19.2. The van der Waals surface area contributed by atoms with Crippen LogP contribution in [0.3, 0.4) is 0 Å². The third-order valence-corrected chi connectivity index (χ3v) is 8.65. The molecule has 158 valence electrons. The Labute approximate surface area is 177 Å². The van der Waals surface area contributed by atoms with Gasteiger partial charge in [0, 0.05) is 37.6 Å². The molecule has 7 nitrogen and oxygen atoms in total. The number of nitrogens with one attached hydrogen (secondary N) is 1. The molecule has 0 unspecified atom stereocenters.